The molecule has 0 aromatic heterocycles. The van der Waals surface area contributed by atoms with E-state index in [-0.39, 0.29) is 11.3 Å². The van der Waals surface area contributed by atoms with E-state index in [1.165, 1.54) is 64.2 Å². The Balaban J connectivity index is 3.86. The molecule has 0 saturated heterocycles. The van der Waals surface area contributed by atoms with Crippen molar-refractivity contribution in [3.8, 4) is 0 Å². The van der Waals surface area contributed by atoms with Gasteiger partial charge in [0, 0.05) is 11.3 Å². The molecule has 0 amide bonds. The van der Waals surface area contributed by atoms with Gasteiger partial charge in [-0.05, 0) is 12.8 Å². The zero-order valence-electron chi connectivity index (χ0n) is 16.4. The Hall–Kier alpha value is 0.190. The van der Waals surface area contributed by atoms with E-state index in [0.717, 1.165) is 25.7 Å². The normalized spacial score (nSPS) is 16.9. The van der Waals surface area contributed by atoms with Crippen molar-refractivity contribution in [2.45, 2.75) is 129 Å². The zero-order chi connectivity index (χ0) is 17.6. The third kappa shape index (κ3) is 11.4. The third-order valence-corrected chi connectivity index (χ3v) is 8.26. The van der Waals surface area contributed by atoms with E-state index in [1.54, 1.807) is 0 Å². The van der Waals surface area contributed by atoms with Crippen LogP contribution >= 0.6 is 7.37 Å². The molecule has 2 unspecified atom stereocenters. The van der Waals surface area contributed by atoms with E-state index in [4.69, 9.17) is 0 Å². The summed E-state index contributed by atoms with van der Waals surface area (Å²) in [5, 5.41) is 0. The molecule has 0 rings (SSSR count). The van der Waals surface area contributed by atoms with Crippen molar-refractivity contribution >= 4 is 7.37 Å². The summed E-state index contributed by atoms with van der Waals surface area (Å²) in [6.07, 6.45) is 16.9. The first-order chi connectivity index (χ1) is 11.0. The van der Waals surface area contributed by atoms with Gasteiger partial charge in [-0.15, -0.1) is 0 Å². The summed E-state index contributed by atoms with van der Waals surface area (Å²) in [5.74, 6) is 0. The van der Waals surface area contributed by atoms with Crippen molar-refractivity contribution in [3.05, 3.63) is 0 Å². The third-order valence-electron chi connectivity index (χ3n) is 5.21. The maximum Gasteiger partial charge on any atom is 0.206 e. The van der Waals surface area contributed by atoms with Gasteiger partial charge >= 0.3 is 0 Å². The smallest absolute Gasteiger partial charge is 0.206 e. The van der Waals surface area contributed by atoms with Crippen LogP contribution in [0.3, 0.4) is 0 Å². The maximum atomic E-state index is 12.7. The second-order valence-corrected chi connectivity index (χ2v) is 10.6. The number of hydrogen-bond donors (Lipinski definition) is 1. The van der Waals surface area contributed by atoms with Crippen LogP contribution in [0.5, 0.6) is 0 Å². The SMILES string of the molecule is CCCCCCCCC(C)P(=O)(O)C(C)CCCCCCCC. The quantitative estimate of drug-likeness (QED) is 0.231. The number of unbranched alkanes of at least 4 members (excludes halogenated alkanes) is 10. The molecule has 0 saturated carbocycles. The molecule has 0 aliphatic carbocycles. The molecular weight excluding hydrogens is 303 g/mol. The molecule has 0 radical (unpaired) electrons. The Morgan fingerprint density at radius 1 is 0.652 bits per heavy atom. The molecular formula is C20H43O2P. The van der Waals surface area contributed by atoms with Crippen LogP contribution in [0.25, 0.3) is 0 Å². The van der Waals surface area contributed by atoms with Gasteiger partial charge in [0.15, 0.2) is 0 Å². The summed E-state index contributed by atoms with van der Waals surface area (Å²) in [6, 6.07) is 0. The summed E-state index contributed by atoms with van der Waals surface area (Å²) in [7, 11) is -3.00. The summed E-state index contributed by atoms with van der Waals surface area (Å²) in [6.45, 7) is 8.44. The van der Waals surface area contributed by atoms with Crippen molar-refractivity contribution in [3.63, 3.8) is 0 Å². The lowest BCUT2D eigenvalue weighted by atomic mass is 10.1. The van der Waals surface area contributed by atoms with Crippen molar-refractivity contribution in [2.24, 2.45) is 0 Å². The first kappa shape index (κ1) is 23.2. The molecule has 0 aliphatic heterocycles. The summed E-state index contributed by atoms with van der Waals surface area (Å²) < 4.78 is 12.7. The van der Waals surface area contributed by atoms with Crippen LogP contribution in [0.1, 0.15) is 118 Å². The molecule has 0 spiro atoms. The van der Waals surface area contributed by atoms with E-state index < -0.39 is 7.37 Å². The molecule has 0 fully saturated rings. The average molecular weight is 347 g/mol. The lowest BCUT2D eigenvalue weighted by molar-refractivity contribution is 0.437. The molecule has 0 bridgehead atoms. The minimum atomic E-state index is -3.00. The predicted octanol–water partition coefficient (Wildman–Crippen LogP) is 7.54. The summed E-state index contributed by atoms with van der Waals surface area (Å²) >= 11 is 0. The average Bonchev–Trinajstić information content (AvgIpc) is 2.53. The van der Waals surface area contributed by atoms with Gasteiger partial charge in [-0.1, -0.05) is 105 Å². The largest absolute Gasteiger partial charge is 0.344 e. The van der Waals surface area contributed by atoms with Gasteiger partial charge in [-0.3, -0.25) is 4.57 Å². The fraction of sp³-hybridized carbons (Fsp3) is 1.00. The fourth-order valence-corrected chi connectivity index (χ4v) is 5.22. The standard InChI is InChI=1S/C20H43O2P/c1-5-7-9-11-13-15-17-19(3)23(21,22)20(4)18-16-14-12-10-8-6-2/h19-20H,5-18H2,1-4H3,(H,21,22). The Kier molecular flexibility index (Phi) is 14.6. The molecule has 0 aromatic carbocycles. The van der Waals surface area contributed by atoms with E-state index in [9.17, 15) is 9.46 Å². The van der Waals surface area contributed by atoms with Crippen LogP contribution in [0.2, 0.25) is 0 Å². The van der Waals surface area contributed by atoms with Gasteiger partial charge in [0.1, 0.15) is 0 Å². The molecule has 0 aliphatic rings. The predicted molar refractivity (Wildman–Crippen MR) is 105 cm³/mol. The van der Waals surface area contributed by atoms with E-state index >= 15 is 0 Å². The topological polar surface area (TPSA) is 37.3 Å². The van der Waals surface area contributed by atoms with E-state index in [2.05, 4.69) is 13.8 Å². The molecule has 140 valence electrons. The lowest BCUT2D eigenvalue weighted by Crippen LogP contribution is -2.14. The Labute approximate surface area is 146 Å². The first-order valence-corrected chi connectivity index (χ1v) is 12.1. The number of hydrogen-bond acceptors (Lipinski definition) is 1. The highest BCUT2D eigenvalue weighted by Crippen LogP contribution is 2.54. The van der Waals surface area contributed by atoms with Gasteiger partial charge < -0.3 is 4.89 Å². The van der Waals surface area contributed by atoms with Gasteiger partial charge in [-0.25, -0.2) is 0 Å². The van der Waals surface area contributed by atoms with Gasteiger partial charge in [-0.2, -0.15) is 0 Å². The minimum Gasteiger partial charge on any atom is -0.344 e. The molecule has 0 aromatic rings. The second kappa shape index (κ2) is 14.5. The summed E-state index contributed by atoms with van der Waals surface area (Å²) in [4.78, 5) is 10.5. The van der Waals surface area contributed by atoms with E-state index in [1.807, 2.05) is 13.8 Å². The minimum absolute atomic E-state index is 0.0243. The van der Waals surface area contributed by atoms with Crippen LogP contribution < -0.4 is 0 Å². The van der Waals surface area contributed by atoms with Crippen LogP contribution in [0.15, 0.2) is 0 Å². The molecule has 1 N–H and O–H groups in total. The van der Waals surface area contributed by atoms with Gasteiger partial charge in [0.2, 0.25) is 7.37 Å². The Morgan fingerprint density at radius 2 is 0.957 bits per heavy atom. The fourth-order valence-electron chi connectivity index (χ4n) is 3.24. The number of rotatable bonds is 16. The van der Waals surface area contributed by atoms with Crippen LogP contribution in [-0.2, 0) is 4.57 Å². The van der Waals surface area contributed by atoms with Crippen molar-refractivity contribution in [1.29, 1.82) is 0 Å². The first-order valence-electron chi connectivity index (χ1n) is 10.3. The molecule has 0 heterocycles. The monoisotopic (exact) mass is 346 g/mol. The maximum absolute atomic E-state index is 12.7. The molecule has 2 nitrogen and oxygen atoms in total. The van der Waals surface area contributed by atoms with Gasteiger partial charge in [0.25, 0.3) is 0 Å². The summed E-state index contributed by atoms with van der Waals surface area (Å²) in [5.41, 5.74) is -0.0486. The van der Waals surface area contributed by atoms with E-state index in [0.29, 0.717) is 0 Å². The highest BCUT2D eigenvalue weighted by atomic mass is 31.2. The molecule has 3 heteroatoms. The molecule has 23 heavy (non-hydrogen) atoms. The van der Waals surface area contributed by atoms with Crippen LogP contribution in [0, 0.1) is 0 Å². The highest BCUT2D eigenvalue weighted by molar-refractivity contribution is 7.59. The Morgan fingerprint density at radius 3 is 1.30 bits per heavy atom. The zero-order valence-corrected chi connectivity index (χ0v) is 17.3. The van der Waals surface area contributed by atoms with Crippen molar-refractivity contribution < 1.29 is 9.46 Å². The van der Waals surface area contributed by atoms with Crippen molar-refractivity contribution in [2.75, 3.05) is 0 Å². The van der Waals surface area contributed by atoms with Crippen molar-refractivity contribution in [1.82, 2.24) is 0 Å². The Bertz CT molecular complexity index is 278. The second-order valence-electron chi connectivity index (χ2n) is 7.48. The van der Waals surface area contributed by atoms with Crippen LogP contribution in [0.4, 0.5) is 0 Å². The van der Waals surface area contributed by atoms with Crippen LogP contribution in [-0.4, -0.2) is 16.2 Å². The molecule has 2 atom stereocenters. The highest BCUT2D eigenvalue weighted by Gasteiger charge is 2.32. The van der Waals surface area contributed by atoms with Gasteiger partial charge in [0.05, 0.1) is 0 Å². The lowest BCUT2D eigenvalue weighted by Gasteiger charge is -2.25.